The second kappa shape index (κ2) is 6.55. The molecule has 0 bridgehead atoms. The number of nitrogens with zero attached hydrogens (tertiary/aromatic N) is 3. The Morgan fingerprint density at radius 1 is 1.00 bits per heavy atom. The molecule has 0 saturated heterocycles. The van der Waals surface area contributed by atoms with E-state index in [0.29, 0.717) is 11.6 Å². The Morgan fingerprint density at radius 3 is 2.61 bits per heavy atom. The van der Waals surface area contributed by atoms with Gasteiger partial charge >= 0.3 is 5.97 Å². The van der Waals surface area contributed by atoms with Gasteiger partial charge in [-0.05, 0) is 24.3 Å². The third-order valence-corrected chi connectivity index (χ3v) is 4.24. The molecule has 5 aromatic rings. The average Bonchev–Trinajstić information content (AvgIpc) is 3.47. The van der Waals surface area contributed by atoms with Crippen molar-refractivity contribution < 1.29 is 13.9 Å². The van der Waals surface area contributed by atoms with Crippen LogP contribution >= 0.6 is 0 Å². The monoisotopic (exact) mass is 370 g/mol. The SMILES string of the molecule is O=C(Oc1cc(-c2ccccc2)nn1-c1nc2ccccc2[nH]1)c1ccco1. The van der Waals surface area contributed by atoms with Gasteiger partial charge in [-0.25, -0.2) is 9.78 Å². The molecular formula is C21H14N4O3. The van der Waals surface area contributed by atoms with E-state index in [4.69, 9.17) is 9.15 Å². The number of H-pyrrole nitrogens is 1. The van der Waals surface area contributed by atoms with Crippen molar-refractivity contribution in [1.82, 2.24) is 19.7 Å². The van der Waals surface area contributed by atoms with Crippen LogP contribution in [0.1, 0.15) is 10.6 Å². The molecule has 0 aliphatic carbocycles. The maximum absolute atomic E-state index is 12.4. The van der Waals surface area contributed by atoms with Crippen LogP contribution in [0.4, 0.5) is 0 Å². The molecule has 7 nitrogen and oxygen atoms in total. The Hall–Kier alpha value is -4.13. The lowest BCUT2D eigenvalue weighted by molar-refractivity contribution is 0.0689. The fourth-order valence-corrected chi connectivity index (χ4v) is 2.92. The summed E-state index contributed by atoms with van der Waals surface area (Å²) >= 11 is 0. The minimum Gasteiger partial charge on any atom is -0.457 e. The summed E-state index contributed by atoms with van der Waals surface area (Å²) in [5.74, 6) is 0.186. The molecule has 28 heavy (non-hydrogen) atoms. The molecule has 7 heteroatoms. The Kier molecular flexibility index (Phi) is 3.76. The highest BCUT2D eigenvalue weighted by atomic mass is 16.6. The average molecular weight is 370 g/mol. The minimum atomic E-state index is -0.609. The Balaban J connectivity index is 1.61. The van der Waals surface area contributed by atoms with Gasteiger partial charge in [-0.2, -0.15) is 9.78 Å². The number of furan rings is 1. The van der Waals surface area contributed by atoms with Gasteiger partial charge in [0, 0.05) is 11.6 Å². The maximum Gasteiger partial charge on any atom is 0.380 e. The van der Waals surface area contributed by atoms with E-state index < -0.39 is 5.97 Å². The van der Waals surface area contributed by atoms with E-state index >= 15 is 0 Å². The van der Waals surface area contributed by atoms with E-state index in [1.807, 2.05) is 54.6 Å². The standard InChI is InChI=1S/C21H14N4O3/c26-20(18-11-6-12-27-18)28-19-13-17(14-7-2-1-3-8-14)24-25(19)21-22-15-9-4-5-10-16(15)23-21/h1-13H,(H,22,23). The summed E-state index contributed by atoms with van der Waals surface area (Å²) in [5.41, 5.74) is 3.20. The molecular weight excluding hydrogens is 356 g/mol. The molecule has 1 N–H and O–H groups in total. The van der Waals surface area contributed by atoms with Crippen LogP contribution in [0.5, 0.6) is 5.88 Å². The third-order valence-electron chi connectivity index (χ3n) is 4.24. The van der Waals surface area contributed by atoms with Crippen LogP contribution in [0.25, 0.3) is 28.2 Å². The lowest BCUT2D eigenvalue weighted by Crippen LogP contribution is -2.11. The first-order valence-electron chi connectivity index (χ1n) is 8.64. The fourth-order valence-electron chi connectivity index (χ4n) is 2.92. The van der Waals surface area contributed by atoms with Crippen LogP contribution in [0.3, 0.4) is 0 Å². The summed E-state index contributed by atoms with van der Waals surface area (Å²) in [6.45, 7) is 0. The van der Waals surface area contributed by atoms with Gasteiger partial charge in [-0.15, -0.1) is 0 Å². The number of aromatic nitrogens is 4. The quantitative estimate of drug-likeness (QED) is 0.479. The van der Waals surface area contributed by atoms with E-state index in [0.717, 1.165) is 16.6 Å². The number of aromatic amines is 1. The van der Waals surface area contributed by atoms with Crippen LogP contribution < -0.4 is 4.74 Å². The maximum atomic E-state index is 12.4. The molecule has 0 atom stereocenters. The van der Waals surface area contributed by atoms with Crippen LogP contribution in [-0.4, -0.2) is 25.7 Å². The summed E-state index contributed by atoms with van der Waals surface area (Å²) in [7, 11) is 0. The van der Waals surface area contributed by atoms with Crippen molar-refractivity contribution >= 4 is 17.0 Å². The van der Waals surface area contributed by atoms with E-state index in [2.05, 4.69) is 15.1 Å². The molecule has 0 fully saturated rings. The van der Waals surface area contributed by atoms with Crippen molar-refractivity contribution in [3.63, 3.8) is 0 Å². The van der Waals surface area contributed by atoms with Gasteiger partial charge in [0.25, 0.3) is 0 Å². The van der Waals surface area contributed by atoms with Gasteiger partial charge in [-0.3, -0.25) is 0 Å². The largest absolute Gasteiger partial charge is 0.457 e. The van der Waals surface area contributed by atoms with Crippen LogP contribution in [-0.2, 0) is 0 Å². The zero-order valence-corrected chi connectivity index (χ0v) is 14.6. The Morgan fingerprint density at radius 2 is 1.82 bits per heavy atom. The number of hydrogen-bond donors (Lipinski definition) is 1. The van der Waals surface area contributed by atoms with E-state index in [1.54, 1.807) is 18.2 Å². The summed E-state index contributed by atoms with van der Waals surface area (Å²) in [6, 6.07) is 22.1. The number of carbonyl (C=O) groups excluding carboxylic acids is 1. The molecule has 0 unspecified atom stereocenters. The van der Waals surface area contributed by atoms with E-state index in [-0.39, 0.29) is 11.6 Å². The zero-order valence-electron chi connectivity index (χ0n) is 14.6. The number of rotatable bonds is 4. The second-order valence-electron chi connectivity index (χ2n) is 6.09. The molecule has 0 radical (unpaired) electrons. The van der Waals surface area contributed by atoms with Crippen LogP contribution in [0.2, 0.25) is 0 Å². The number of carbonyl (C=O) groups is 1. The smallest absolute Gasteiger partial charge is 0.380 e. The lowest BCUT2D eigenvalue weighted by Gasteiger charge is -2.03. The van der Waals surface area contributed by atoms with Crippen LogP contribution in [0.15, 0.2) is 83.5 Å². The number of imidazole rings is 1. The van der Waals surface area contributed by atoms with Gasteiger partial charge in [0.05, 0.1) is 23.0 Å². The molecule has 2 aromatic carbocycles. The molecule has 136 valence electrons. The van der Waals surface area contributed by atoms with Gasteiger partial charge in [-0.1, -0.05) is 42.5 Å². The predicted octanol–water partition coefficient (Wildman–Crippen LogP) is 4.23. The van der Waals surface area contributed by atoms with Crippen molar-refractivity contribution in [2.75, 3.05) is 0 Å². The highest BCUT2D eigenvalue weighted by molar-refractivity contribution is 5.88. The van der Waals surface area contributed by atoms with Crippen molar-refractivity contribution in [1.29, 1.82) is 0 Å². The number of benzene rings is 2. The molecule has 0 amide bonds. The van der Waals surface area contributed by atoms with Gasteiger partial charge in [0.1, 0.15) is 0 Å². The van der Waals surface area contributed by atoms with Crippen molar-refractivity contribution in [2.45, 2.75) is 0 Å². The summed E-state index contributed by atoms with van der Waals surface area (Å²) in [6.07, 6.45) is 1.42. The first-order valence-corrected chi connectivity index (χ1v) is 8.64. The number of nitrogens with one attached hydrogen (secondary N) is 1. The van der Waals surface area contributed by atoms with Gasteiger partial charge < -0.3 is 14.1 Å². The molecule has 5 rings (SSSR count). The fraction of sp³-hybridized carbons (Fsp3) is 0. The number of ether oxygens (including phenoxy) is 1. The lowest BCUT2D eigenvalue weighted by atomic mass is 10.2. The summed E-state index contributed by atoms with van der Waals surface area (Å²) < 4.78 is 12.2. The Bertz CT molecular complexity index is 1220. The molecule has 0 spiro atoms. The van der Waals surface area contributed by atoms with Crippen molar-refractivity contribution in [3.05, 3.63) is 84.8 Å². The van der Waals surface area contributed by atoms with Crippen LogP contribution in [0, 0.1) is 0 Å². The molecule has 3 aromatic heterocycles. The normalized spacial score (nSPS) is 11.0. The first kappa shape index (κ1) is 16.1. The highest BCUT2D eigenvalue weighted by Gasteiger charge is 2.20. The number of hydrogen-bond acceptors (Lipinski definition) is 5. The summed E-state index contributed by atoms with van der Waals surface area (Å²) in [4.78, 5) is 20.1. The molecule has 0 aliphatic rings. The highest BCUT2D eigenvalue weighted by Crippen LogP contribution is 2.27. The molecule has 0 aliphatic heterocycles. The molecule has 0 saturated carbocycles. The number of esters is 1. The second-order valence-corrected chi connectivity index (χ2v) is 6.09. The Labute approximate surface area is 159 Å². The third kappa shape index (κ3) is 2.84. The zero-order chi connectivity index (χ0) is 18.9. The van der Waals surface area contributed by atoms with Crippen molar-refractivity contribution in [3.8, 4) is 23.1 Å². The summed E-state index contributed by atoms with van der Waals surface area (Å²) in [5, 5.41) is 4.60. The van der Waals surface area contributed by atoms with E-state index in [1.165, 1.54) is 10.9 Å². The topological polar surface area (TPSA) is 85.9 Å². The van der Waals surface area contributed by atoms with Gasteiger partial charge in [0.15, 0.2) is 0 Å². The van der Waals surface area contributed by atoms with Gasteiger partial charge in [0.2, 0.25) is 17.6 Å². The number of fused-ring (bicyclic) bond motifs is 1. The minimum absolute atomic E-state index is 0.110. The molecule has 3 heterocycles. The number of para-hydroxylation sites is 2. The van der Waals surface area contributed by atoms with Crippen molar-refractivity contribution in [2.24, 2.45) is 0 Å². The first-order chi connectivity index (χ1) is 13.8. The van der Waals surface area contributed by atoms with E-state index in [9.17, 15) is 4.79 Å². The predicted molar refractivity (Wildman–Crippen MR) is 102 cm³/mol.